The number of nitrogens with zero attached hydrogens (tertiary/aromatic N) is 2. The van der Waals surface area contributed by atoms with E-state index in [0.717, 1.165) is 29.2 Å². The minimum Gasteiger partial charge on any atom is -0.256 e. The highest BCUT2D eigenvalue weighted by atomic mass is 14.7. The first kappa shape index (κ1) is 43.5. The van der Waals surface area contributed by atoms with Crippen molar-refractivity contribution in [1.82, 2.24) is 0 Å². The van der Waals surface area contributed by atoms with Crippen LogP contribution in [-0.2, 0) is 6.42 Å². The second kappa shape index (κ2) is 26.9. The second-order valence-electron chi connectivity index (χ2n) is 11.9. The molecule has 0 fully saturated rings. The lowest BCUT2D eigenvalue weighted by Gasteiger charge is -2.22. The third kappa shape index (κ3) is 24.8. The Morgan fingerprint density at radius 3 is 1.88 bits per heavy atom. The van der Waals surface area contributed by atoms with Crippen molar-refractivity contribution in [2.75, 3.05) is 0 Å². The molecular formula is C40H66N2. The summed E-state index contributed by atoms with van der Waals surface area (Å²) in [6.45, 7) is 33.9. The molecule has 0 aliphatic rings. The van der Waals surface area contributed by atoms with Gasteiger partial charge in [-0.1, -0.05) is 118 Å². The summed E-state index contributed by atoms with van der Waals surface area (Å²) >= 11 is 0. The van der Waals surface area contributed by atoms with Gasteiger partial charge in [-0.15, -0.1) is 0 Å². The van der Waals surface area contributed by atoms with Crippen molar-refractivity contribution in [2.45, 2.75) is 135 Å². The smallest absolute Gasteiger partial charge is 0.0991 e. The van der Waals surface area contributed by atoms with Gasteiger partial charge in [0, 0.05) is 6.21 Å². The highest BCUT2D eigenvalue weighted by Crippen LogP contribution is 2.27. The minimum absolute atomic E-state index is 0.601. The Kier molecular flexibility index (Phi) is 27.9. The van der Waals surface area contributed by atoms with E-state index >= 15 is 0 Å². The van der Waals surface area contributed by atoms with Crippen LogP contribution in [0.4, 0.5) is 5.69 Å². The second-order valence-corrected chi connectivity index (χ2v) is 11.9. The monoisotopic (exact) mass is 575 g/mol. The van der Waals surface area contributed by atoms with E-state index in [1.165, 1.54) is 54.4 Å². The highest BCUT2D eigenvalue weighted by Gasteiger charge is 2.13. The van der Waals surface area contributed by atoms with Crippen molar-refractivity contribution in [3.8, 4) is 6.07 Å². The molecule has 0 bridgehead atoms. The topological polar surface area (TPSA) is 36.1 Å². The fraction of sp³-hybridized carbons (Fsp3) is 0.550. The standard InChI is InChI=1S/C11H13N.C10H11N.C9H20.C8H16.C2H6/c1-9(2)8-12-11-7-5-4-6-10(11)3;1-3-10-6-9(7-11)5-4-8(10)2;1-5-7-9(3,4)8-6-2;1-5-8(4)6-7(2)3;1-2/h4-8H,1H2,2-3H3;4-6H,3H2,1-2H3;5-8H2,1-4H3;5,7H,6H2,1-4H3;1-2H3/b;;;8-5-;. The van der Waals surface area contributed by atoms with Crippen LogP contribution in [0.3, 0.4) is 0 Å². The van der Waals surface area contributed by atoms with Crippen molar-refractivity contribution < 1.29 is 0 Å². The van der Waals surface area contributed by atoms with Crippen LogP contribution in [0, 0.1) is 36.5 Å². The van der Waals surface area contributed by atoms with E-state index in [1.54, 1.807) is 6.21 Å². The lowest BCUT2D eigenvalue weighted by atomic mass is 9.84. The van der Waals surface area contributed by atoms with E-state index in [2.05, 4.69) is 93.0 Å². The van der Waals surface area contributed by atoms with Crippen molar-refractivity contribution >= 4 is 11.9 Å². The third-order valence-corrected chi connectivity index (χ3v) is 6.48. The van der Waals surface area contributed by atoms with Gasteiger partial charge in [-0.05, 0) is 112 Å². The molecule has 2 aromatic carbocycles. The van der Waals surface area contributed by atoms with E-state index < -0.39 is 0 Å². The minimum atomic E-state index is 0.601. The van der Waals surface area contributed by atoms with Gasteiger partial charge >= 0.3 is 0 Å². The number of hydrogen-bond donors (Lipinski definition) is 0. The van der Waals surface area contributed by atoms with Crippen LogP contribution < -0.4 is 0 Å². The van der Waals surface area contributed by atoms with Gasteiger partial charge in [0.2, 0.25) is 0 Å². The molecule has 0 saturated carbocycles. The number of nitriles is 1. The Morgan fingerprint density at radius 1 is 0.952 bits per heavy atom. The Balaban J connectivity index is -0.000000479. The molecule has 0 unspecified atom stereocenters. The van der Waals surface area contributed by atoms with Gasteiger partial charge < -0.3 is 0 Å². The molecule has 0 atom stereocenters. The molecule has 0 radical (unpaired) electrons. The largest absolute Gasteiger partial charge is 0.256 e. The average Bonchev–Trinajstić information content (AvgIpc) is 2.94. The summed E-state index contributed by atoms with van der Waals surface area (Å²) in [5, 5.41) is 8.60. The van der Waals surface area contributed by atoms with Crippen LogP contribution in [0.1, 0.15) is 137 Å². The number of hydrogen-bond acceptors (Lipinski definition) is 2. The van der Waals surface area contributed by atoms with Gasteiger partial charge in [0.05, 0.1) is 17.3 Å². The molecule has 0 amide bonds. The maximum atomic E-state index is 8.60. The molecule has 0 N–H and O–H groups in total. The average molecular weight is 575 g/mol. The number of rotatable bonds is 9. The Labute approximate surface area is 263 Å². The molecule has 0 heterocycles. The summed E-state index contributed by atoms with van der Waals surface area (Å²) in [5.41, 5.74) is 8.57. The van der Waals surface area contributed by atoms with E-state index in [1.807, 2.05) is 70.2 Å². The van der Waals surface area contributed by atoms with Gasteiger partial charge in [0.1, 0.15) is 0 Å². The summed E-state index contributed by atoms with van der Waals surface area (Å²) in [6, 6.07) is 16.0. The van der Waals surface area contributed by atoms with Crippen LogP contribution >= 0.6 is 0 Å². The summed E-state index contributed by atoms with van der Waals surface area (Å²) in [4.78, 5) is 4.28. The Hall–Kier alpha value is -2.92. The predicted molar refractivity (Wildman–Crippen MR) is 193 cm³/mol. The van der Waals surface area contributed by atoms with Crippen molar-refractivity contribution in [3.63, 3.8) is 0 Å². The zero-order valence-electron chi connectivity index (χ0n) is 30.1. The fourth-order valence-corrected chi connectivity index (χ4v) is 4.25. The van der Waals surface area contributed by atoms with E-state index in [9.17, 15) is 0 Å². The number of benzene rings is 2. The van der Waals surface area contributed by atoms with Crippen LogP contribution in [0.25, 0.3) is 0 Å². The molecule has 0 aromatic heterocycles. The molecule has 2 nitrogen and oxygen atoms in total. The summed E-state index contributed by atoms with van der Waals surface area (Å²) in [5.74, 6) is 0.811. The van der Waals surface area contributed by atoms with Gasteiger partial charge in [-0.25, -0.2) is 0 Å². The first-order valence-corrected chi connectivity index (χ1v) is 16.1. The zero-order chi connectivity index (χ0) is 33.1. The number of aryl methyl sites for hydroxylation is 3. The zero-order valence-corrected chi connectivity index (χ0v) is 30.1. The Morgan fingerprint density at radius 2 is 1.50 bits per heavy atom. The maximum absolute atomic E-state index is 8.60. The quantitative estimate of drug-likeness (QED) is 0.217. The molecule has 0 spiro atoms. The lowest BCUT2D eigenvalue weighted by molar-refractivity contribution is 0.301. The van der Waals surface area contributed by atoms with Crippen LogP contribution in [0.5, 0.6) is 0 Å². The first-order valence-electron chi connectivity index (χ1n) is 16.1. The van der Waals surface area contributed by atoms with E-state index in [0.29, 0.717) is 5.41 Å². The molecule has 0 aliphatic carbocycles. The summed E-state index contributed by atoms with van der Waals surface area (Å²) in [6.07, 6.45) is 11.6. The molecule has 2 heteroatoms. The van der Waals surface area contributed by atoms with E-state index in [-0.39, 0.29) is 0 Å². The number of para-hydroxylation sites is 1. The SMILES string of the molecule is C/C=C(/C)CC(C)C.C=C(C)C=Nc1ccccc1C.CC.CCCC(C)(C)CCC.CCc1cc(C#N)ccc1C. The molecule has 0 saturated heterocycles. The fourth-order valence-electron chi connectivity index (χ4n) is 4.25. The highest BCUT2D eigenvalue weighted by molar-refractivity contribution is 5.79. The molecule has 0 aliphatic heterocycles. The molecular weight excluding hydrogens is 508 g/mol. The predicted octanol–water partition coefficient (Wildman–Crippen LogP) is 13.3. The normalized spacial score (nSPS) is 10.6. The molecule has 2 rings (SSSR count). The molecule has 2 aromatic rings. The van der Waals surface area contributed by atoms with Crippen molar-refractivity contribution in [3.05, 3.63) is 88.5 Å². The van der Waals surface area contributed by atoms with Crippen molar-refractivity contribution in [1.29, 1.82) is 5.26 Å². The van der Waals surface area contributed by atoms with Gasteiger partial charge in [-0.3, -0.25) is 4.99 Å². The van der Waals surface area contributed by atoms with Crippen LogP contribution in [0.15, 0.2) is 71.3 Å². The van der Waals surface area contributed by atoms with E-state index in [4.69, 9.17) is 5.26 Å². The van der Waals surface area contributed by atoms with Crippen LogP contribution in [0.2, 0.25) is 0 Å². The maximum Gasteiger partial charge on any atom is 0.0991 e. The van der Waals surface area contributed by atoms with Gasteiger partial charge in [0.25, 0.3) is 0 Å². The van der Waals surface area contributed by atoms with Crippen LogP contribution in [-0.4, -0.2) is 6.21 Å². The third-order valence-electron chi connectivity index (χ3n) is 6.48. The van der Waals surface area contributed by atoms with Gasteiger partial charge in [0.15, 0.2) is 0 Å². The molecule has 236 valence electrons. The van der Waals surface area contributed by atoms with Gasteiger partial charge in [-0.2, -0.15) is 5.26 Å². The number of allylic oxidation sites excluding steroid dienone is 3. The molecule has 42 heavy (non-hydrogen) atoms. The Bertz CT molecular complexity index is 1050. The number of aliphatic imine (C=N–C) groups is 1. The first-order chi connectivity index (χ1) is 19.8. The summed E-state index contributed by atoms with van der Waals surface area (Å²) < 4.78 is 0. The van der Waals surface area contributed by atoms with Crippen molar-refractivity contribution in [2.24, 2.45) is 16.3 Å². The summed E-state index contributed by atoms with van der Waals surface area (Å²) in [7, 11) is 0. The lowest BCUT2D eigenvalue weighted by Crippen LogP contribution is -2.09.